The predicted molar refractivity (Wildman–Crippen MR) is 376 cm³/mol. The van der Waals surface area contributed by atoms with E-state index < -0.39 is 29.7 Å². The van der Waals surface area contributed by atoms with E-state index in [9.17, 15) is 50.1 Å². The van der Waals surface area contributed by atoms with Crippen LogP contribution in [0.1, 0.15) is 160 Å². The summed E-state index contributed by atoms with van der Waals surface area (Å²) in [5.41, 5.74) is 19.2. The van der Waals surface area contributed by atoms with Crippen LogP contribution in [0, 0.1) is 55.4 Å². The van der Waals surface area contributed by atoms with Gasteiger partial charge in [-0.2, -0.15) is 0 Å². The summed E-state index contributed by atoms with van der Waals surface area (Å²) in [6, 6.07) is 61.3. The molecule has 0 saturated carbocycles. The molecule has 13 nitrogen and oxygen atoms in total. The molecule has 490 valence electrons. The molecule has 0 aliphatic heterocycles. The van der Waals surface area contributed by atoms with Crippen molar-refractivity contribution in [1.29, 1.82) is 0 Å². The molecule has 0 saturated heterocycles. The largest absolute Gasteiger partial charge is 0.508 e. The molecule has 0 atom stereocenters. The second kappa shape index (κ2) is 28.6. The van der Waals surface area contributed by atoms with E-state index in [1.54, 1.807) is 97.1 Å². The van der Waals surface area contributed by atoms with Crippen molar-refractivity contribution < 1.29 is 64.3 Å². The Labute approximate surface area is 564 Å². The highest BCUT2D eigenvalue weighted by Crippen LogP contribution is 2.45. The lowest BCUT2D eigenvalue weighted by Gasteiger charge is -2.26. The van der Waals surface area contributed by atoms with Gasteiger partial charge in [0.05, 0.1) is 16.7 Å². The van der Waals surface area contributed by atoms with Crippen molar-refractivity contribution in [3.63, 3.8) is 0 Å². The first-order valence-corrected chi connectivity index (χ1v) is 32.0. The normalized spacial score (nSPS) is 11.3. The van der Waals surface area contributed by atoms with Crippen molar-refractivity contribution in [1.82, 2.24) is 0 Å². The van der Waals surface area contributed by atoms with Crippen molar-refractivity contribution in [2.24, 2.45) is 0 Å². The molecule has 13 heteroatoms. The number of aryl methyl sites for hydroxylation is 8. The molecule has 11 aromatic carbocycles. The fourth-order valence-corrected chi connectivity index (χ4v) is 12.8. The van der Waals surface area contributed by atoms with Crippen LogP contribution < -0.4 is 14.2 Å². The highest BCUT2D eigenvalue weighted by Gasteiger charge is 2.28. The lowest BCUT2D eigenvalue weighted by molar-refractivity contribution is 0.0686. The first-order valence-electron chi connectivity index (χ1n) is 32.0. The maximum absolute atomic E-state index is 12.2. The summed E-state index contributed by atoms with van der Waals surface area (Å²) in [6.07, 6.45) is 0.430. The molecule has 7 N–H and O–H groups in total. The van der Waals surface area contributed by atoms with Gasteiger partial charge in [0.2, 0.25) is 0 Å². The number of benzene rings is 11. The van der Waals surface area contributed by atoms with E-state index in [0.29, 0.717) is 45.1 Å². The van der Waals surface area contributed by atoms with Crippen LogP contribution in [0.25, 0.3) is 11.1 Å². The summed E-state index contributed by atoms with van der Waals surface area (Å²) in [5, 5.41) is 73.8. The van der Waals surface area contributed by atoms with E-state index in [1.165, 1.54) is 0 Å². The lowest BCUT2D eigenvalue weighted by atomic mass is 9.79. The Morgan fingerprint density at radius 3 is 0.938 bits per heavy atom. The molecule has 11 aromatic rings. The molecule has 0 bridgehead atoms. The summed E-state index contributed by atoms with van der Waals surface area (Å²) in [6.45, 7) is 15.6. The summed E-state index contributed by atoms with van der Waals surface area (Å²) in [7, 11) is 0. The average Bonchev–Trinajstić information content (AvgIpc) is 0.778. The van der Waals surface area contributed by atoms with Gasteiger partial charge in [-0.25, -0.2) is 14.4 Å². The van der Waals surface area contributed by atoms with Gasteiger partial charge in [-0.1, -0.05) is 115 Å². The van der Waals surface area contributed by atoms with Crippen LogP contribution in [0.5, 0.6) is 40.2 Å². The van der Waals surface area contributed by atoms with Crippen LogP contribution in [0.15, 0.2) is 200 Å². The van der Waals surface area contributed by atoms with Gasteiger partial charge in [-0.15, -0.1) is 0 Å². The summed E-state index contributed by atoms with van der Waals surface area (Å²) in [5.74, 6) is -1.72. The number of carbonyl (C=O) groups is 3. The number of carboxylic acids is 3. The van der Waals surface area contributed by atoms with Gasteiger partial charge in [0.15, 0.2) is 0 Å². The number of phenols is 4. The third-order valence-electron chi connectivity index (χ3n) is 18.3. The van der Waals surface area contributed by atoms with E-state index in [1.807, 2.05) is 134 Å². The molecule has 0 unspecified atom stereocenters. The Hall–Kier alpha value is -11.6. The molecule has 97 heavy (non-hydrogen) atoms. The molecule has 0 amide bonds. The van der Waals surface area contributed by atoms with Crippen LogP contribution >= 0.6 is 0 Å². The number of aromatic hydroxyl groups is 4. The van der Waals surface area contributed by atoms with Crippen LogP contribution in [-0.4, -0.2) is 53.7 Å². The molecule has 0 aliphatic rings. The SMILES string of the molecule is Cc1cc(C(c2ccc(OCc3ccc(C(=O)O)cc3)c(Cc3cc(-c4ccccc4)cc(Cc4cc(C(c5cc(C)c(O)cc5C)c5cc(C)c(O)cc5C)ccc4OCc4ccc(C(=O)O)cc4)c3OCc3ccc(C(=O)O)cc3)c2)c2cc(C)c(O)cc2C)c(C)cc1O. The van der Waals surface area contributed by atoms with E-state index in [-0.39, 0.29) is 72.4 Å². The van der Waals surface area contributed by atoms with E-state index >= 15 is 0 Å². The number of carboxylic acid groups (broad SMARTS) is 3. The Morgan fingerprint density at radius 2 is 0.629 bits per heavy atom. The van der Waals surface area contributed by atoms with Gasteiger partial charge in [0.25, 0.3) is 0 Å². The van der Waals surface area contributed by atoms with Gasteiger partial charge in [-0.05, 0) is 268 Å². The zero-order valence-corrected chi connectivity index (χ0v) is 55.3. The molecule has 0 aliphatic carbocycles. The topological polar surface area (TPSA) is 221 Å². The smallest absolute Gasteiger partial charge is 0.335 e. The van der Waals surface area contributed by atoms with E-state index in [0.717, 1.165) is 100 Å². The first-order chi connectivity index (χ1) is 46.5. The van der Waals surface area contributed by atoms with Gasteiger partial charge in [0.1, 0.15) is 60.1 Å². The fourth-order valence-electron chi connectivity index (χ4n) is 12.8. The first kappa shape index (κ1) is 66.9. The Bertz CT molecular complexity index is 4430. The second-order valence-electron chi connectivity index (χ2n) is 25.3. The number of aromatic carboxylic acids is 3. The molecular formula is C84H76O13. The van der Waals surface area contributed by atoms with Gasteiger partial charge in [0, 0.05) is 24.7 Å². The predicted octanol–water partition coefficient (Wildman–Crippen LogP) is 18.0. The summed E-state index contributed by atoms with van der Waals surface area (Å²) < 4.78 is 21.0. The lowest BCUT2D eigenvalue weighted by Crippen LogP contribution is -2.11. The summed E-state index contributed by atoms with van der Waals surface area (Å²) >= 11 is 0. The molecule has 0 fully saturated rings. The van der Waals surface area contributed by atoms with Crippen molar-refractivity contribution in [2.45, 2.75) is 99.9 Å². The van der Waals surface area contributed by atoms with Crippen LogP contribution in [0.2, 0.25) is 0 Å². The second-order valence-corrected chi connectivity index (χ2v) is 25.3. The molecule has 0 heterocycles. The number of rotatable bonds is 23. The zero-order chi connectivity index (χ0) is 68.9. The maximum atomic E-state index is 12.2. The summed E-state index contributed by atoms with van der Waals surface area (Å²) in [4.78, 5) is 36.1. The van der Waals surface area contributed by atoms with Crippen molar-refractivity contribution >= 4 is 17.9 Å². The minimum atomic E-state index is -1.06. The van der Waals surface area contributed by atoms with Crippen LogP contribution in [0.4, 0.5) is 0 Å². The number of hydrogen-bond acceptors (Lipinski definition) is 10. The third-order valence-corrected chi connectivity index (χ3v) is 18.3. The van der Waals surface area contributed by atoms with Gasteiger partial charge in [-0.3, -0.25) is 0 Å². The Balaban J connectivity index is 1.15. The van der Waals surface area contributed by atoms with Gasteiger partial charge < -0.3 is 50.0 Å². The molecule has 0 radical (unpaired) electrons. The van der Waals surface area contributed by atoms with Crippen LogP contribution in [0.3, 0.4) is 0 Å². The van der Waals surface area contributed by atoms with Gasteiger partial charge >= 0.3 is 17.9 Å². The highest BCUT2D eigenvalue weighted by molar-refractivity contribution is 5.88. The quantitative estimate of drug-likeness (QED) is 0.0297. The van der Waals surface area contributed by atoms with Crippen molar-refractivity contribution in [2.75, 3.05) is 0 Å². The minimum Gasteiger partial charge on any atom is -0.508 e. The molecule has 11 rings (SSSR count). The van der Waals surface area contributed by atoms with Crippen LogP contribution in [-0.2, 0) is 32.7 Å². The fraction of sp³-hybridized carbons (Fsp3) is 0.179. The number of phenolic OH excluding ortho intramolecular Hbond substituents is 4. The third kappa shape index (κ3) is 15.0. The monoisotopic (exact) mass is 1290 g/mol. The molecular weight excluding hydrogens is 1220 g/mol. The highest BCUT2D eigenvalue weighted by atomic mass is 16.5. The molecule has 0 spiro atoms. The Kier molecular flexibility index (Phi) is 19.7. The maximum Gasteiger partial charge on any atom is 0.335 e. The standard InChI is InChI=1S/C84H76O13/c1-47-34-73(85)51(5)30-69(47)79(70-31-52(6)74(86)35-48(70)2)62-26-28-77(95-44-55-14-20-59(21-15-55)82(89)90)65(38-62)42-67-40-64(58-12-10-9-11-13-58)41-68(81(67)97-46-57-18-24-61(25-19-57)84(93)94)43-66-39-63(27-29-78(66)96-45-56-16-22-60(23-17-56)83(91)92)80(71-32-53(7)75(87)36-49(71)3)72-33-54(8)76(88)37-50(72)4/h9-41,79-80,85-88H,42-46H2,1-8H3,(H,89,90)(H,91,92)(H,93,94). The Morgan fingerprint density at radius 1 is 0.320 bits per heavy atom. The average molecular weight is 1290 g/mol. The number of hydrogen-bond donors (Lipinski definition) is 7. The van der Waals surface area contributed by atoms with Crippen molar-refractivity contribution in [3.8, 4) is 51.4 Å². The zero-order valence-electron chi connectivity index (χ0n) is 55.3. The number of ether oxygens (including phenoxy) is 3. The van der Waals surface area contributed by atoms with E-state index in [4.69, 9.17) is 14.2 Å². The van der Waals surface area contributed by atoms with Crippen molar-refractivity contribution in [3.05, 3.63) is 334 Å². The minimum absolute atomic E-state index is 0.0259. The van der Waals surface area contributed by atoms with E-state index in [2.05, 4.69) is 24.3 Å². The molecule has 0 aromatic heterocycles.